The molecular formula is C15H22FNS2. The lowest BCUT2D eigenvalue weighted by atomic mass is 9.96. The molecule has 0 spiro atoms. The van der Waals surface area contributed by atoms with Gasteiger partial charge in [-0.15, -0.1) is 0 Å². The van der Waals surface area contributed by atoms with Gasteiger partial charge in [-0.1, -0.05) is 13.0 Å². The Labute approximate surface area is 124 Å². The van der Waals surface area contributed by atoms with Crippen LogP contribution in [-0.4, -0.2) is 29.1 Å². The van der Waals surface area contributed by atoms with Crippen LogP contribution in [0, 0.1) is 12.7 Å². The van der Waals surface area contributed by atoms with Crippen LogP contribution >= 0.6 is 23.5 Å². The highest BCUT2D eigenvalue weighted by molar-refractivity contribution is 8.07. The fraction of sp³-hybridized carbons (Fsp3) is 0.600. The number of benzene rings is 1. The predicted molar refractivity (Wildman–Crippen MR) is 85.7 cm³/mol. The van der Waals surface area contributed by atoms with E-state index in [9.17, 15) is 4.39 Å². The molecule has 1 fully saturated rings. The highest BCUT2D eigenvalue weighted by Gasteiger charge is 2.32. The minimum atomic E-state index is -0.145. The van der Waals surface area contributed by atoms with Crippen LogP contribution in [-0.2, 0) is 0 Å². The molecular weight excluding hydrogens is 277 g/mol. The summed E-state index contributed by atoms with van der Waals surface area (Å²) in [4.78, 5) is 0. The molecule has 0 radical (unpaired) electrons. The van der Waals surface area contributed by atoms with E-state index in [4.69, 9.17) is 0 Å². The first-order chi connectivity index (χ1) is 9.17. The third-order valence-corrected chi connectivity index (χ3v) is 7.05. The Hall–Kier alpha value is -0.190. The van der Waals surface area contributed by atoms with Crippen molar-refractivity contribution in [2.24, 2.45) is 0 Å². The van der Waals surface area contributed by atoms with Gasteiger partial charge in [0, 0.05) is 28.0 Å². The van der Waals surface area contributed by atoms with E-state index in [1.807, 2.05) is 20.0 Å². The lowest BCUT2D eigenvalue weighted by molar-refractivity contribution is 0.539. The van der Waals surface area contributed by atoms with Crippen molar-refractivity contribution in [1.82, 2.24) is 5.32 Å². The quantitative estimate of drug-likeness (QED) is 0.902. The Bertz CT molecular complexity index is 425. The van der Waals surface area contributed by atoms with Crippen molar-refractivity contribution in [3.63, 3.8) is 0 Å². The summed E-state index contributed by atoms with van der Waals surface area (Å²) in [6.07, 6.45) is 1.20. The summed E-state index contributed by atoms with van der Waals surface area (Å²) in [7, 11) is 2.01. The molecule has 0 aromatic heterocycles. The van der Waals surface area contributed by atoms with E-state index in [0.717, 1.165) is 5.56 Å². The largest absolute Gasteiger partial charge is 0.312 e. The first-order valence-electron chi connectivity index (χ1n) is 6.84. The second-order valence-electron chi connectivity index (χ2n) is 4.92. The Kier molecular flexibility index (Phi) is 5.60. The van der Waals surface area contributed by atoms with Crippen molar-refractivity contribution in [2.45, 2.75) is 36.8 Å². The van der Waals surface area contributed by atoms with Crippen LogP contribution in [0.4, 0.5) is 4.39 Å². The van der Waals surface area contributed by atoms with Gasteiger partial charge in [0.15, 0.2) is 0 Å². The smallest absolute Gasteiger partial charge is 0.123 e. The Morgan fingerprint density at radius 1 is 1.37 bits per heavy atom. The maximum atomic E-state index is 13.3. The average molecular weight is 299 g/mol. The van der Waals surface area contributed by atoms with E-state index in [1.54, 1.807) is 12.1 Å². The summed E-state index contributed by atoms with van der Waals surface area (Å²) in [6.45, 7) is 4.27. The molecule has 3 unspecified atom stereocenters. The van der Waals surface area contributed by atoms with Crippen molar-refractivity contribution < 1.29 is 4.39 Å². The number of thioether (sulfide) groups is 2. The van der Waals surface area contributed by atoms with Gasteiger partial charge in [0.2, 0.25) is 0 Å². The van der Waals surface area contributed by atoms with Crippen molar-refractivity contribution >= 4 is 23.5 Å². The number of hydrogen-bond acceptors (Lipinski definition) is 3. The van der Waals surface area contributed by atoms with Gasteiger partial charge in [-0.05, 0) is 43.7 Å². The van der Waals surface area contributed by atoms with E-state index < -0.39 is 0 Å². The van der Waals surface area contributed by atoms with Crippen LogP contribution in [0.3, 0.4) is 0 Å². The highest BCUT2D eigenvalue weighted by Crippen LogP contribution is 2.40. The number of halogens is 1. The fourth-order valence-electron chi connectivity index (χ4n) is 2.73. The van der Waals surface area contributed by atoms with Crippen LogP contribution in [0.1, 0.15) is 30.5 Å². The molecule has 3 atom stereocenters. The third-order valence-electron chi connectivity index (χ3n) is 3.70. The highest BCUT2D eigenvalue weighted by atomic mass is 32.2. The first kappa shape index (κ1) is 15.2. The van der Waals surface area contributed by atoms with Crippen LogP contribution in [0.2, 0.25) is 0 Å². The molecule has 1 aromatic carbocycles. The molecule has 0 amide bonds. The van der Waals surface area contributed by atoms with Crippen LogP contribution in [0.5, 0.6) is 0 Å². The minimum Gasteiger partial charge on any atom is -0.312 e. The maximum Gasteiger partial charge on any atom is 0.123 e. The van der Waals surface area contributed by atoms with Gasteiger partial charge in [0.05, 0.1) is 0 Å². The minimum absolute atomic E-state index is 0.145. The summed E-state index contributed by atoms with van der Waals surface area (Å²) in [5, 5.41) is 4.70. The number of rotatable bonds is 4. The molecule has 4 heteroatoms. The second kappa shape index (κ2) is 7.00. The molecule has 0 bridgehead atoms. The molecule has 1 heterocycles. The Morgan fingerprint density at radius 3 is 2.74 bits per heavy atom. The predicted octanol–water partition coefficient (Wildman–Crippen LogP) is 4.02. The Balaban J connectivity index is 2.27. The third kappa shape index (κ3) is 3.47. The summed E-state index contributed by atoms with van der Waals surface area (Å²) in [5.41, 5.74) is 2.28. The Morgan fingerprint density at radius 2 is 2.11 bits per heavy atom. The second-order valence-corrected chi connectivity index (χ2v) is 7.55. The van der Waals surface area contributed by atoms with Gasteiger partial charge >= 0.3 is 0 Å². The van der Waals surface area contributed by atoms with E-state index in [2.05, 4.69) is 35.8 Å². The number of nitrogens with one attached hydrogen (secondary N) is 1. The molecule has 0 aliphatic carbocycles. The van der Waals surface area contributed by atoms with Gasteiger partial charge < -0.3 is 5.32 Å². The summed E-state index contributed by atoms with van der Waals surface area (Å²) < 4.78 is 13.3. The monoisotopic (exact) mass is 299 g/mol. The number of aryl methyl sites for hydroxylation is 1. The zero-order valence-electron chi connectivity index (χ0n) is 11.8. The normalized spacial score (nSPS) is 25.3. The van der Waals surface area contributed by atoms with Gasteiger partial charge in [-0.25, -0.2) is 4.39 Å². The lowest BCUT2D eigenvalue weighted by Crippen LogP contribution is -2.37. The summed E-state index contributed by atoms with van der Waals surface area (Å²) in [5.74, 6) is 2.32. The average Bonchev–Trinajstić information content (AvgIpc) is 2.42. The first-order valence-corrected chi connectivity index (χ1v) is 8.93. The molecule has 2 rings (SSSR count). The molecule has 1 saturated heterocycles. The lowest BCUT2D eigenvalue weighted by Gasteiger charge is -2.36. The van der Waals surface area contributed by atoms with Crippen LogP contribution in [0.25, 0.3) is 0 Å². The molecule has 1 N–H and O–H groups in total. The molecule has 1 nitrogen and oxygen atoms in total. The van der Waals surface area contributed by atoms with Gasteiger partial charge in [0.25, 0.3) is 0 Å². The van der Waals surface area contributed by atoms with E-state index in [0.29, 0.717) is 16.5 Å². The van der Waals surface area contributed by atoms with E-state index in [-0.39, 0.29) is 5.82 Å². The standard InChI is InChI=1S/C15H22FNS2/c1-4-13-15(19-8-7-18-13)14(17-3)12-6-5-11(16)9-10(12)2/h5-6,9,13-15,17H,4,7-8H2,1-3H3. The molecule has 1 aromatic rings. The van der Waals surface area contributed by atoms with Crippen molar-refractivity contribution in [2.75, 3.05) is 18.6 Å². The molecule has 106 valence electrons. The van der Waals surface area contributed by atoms with Crippen LogP contribution < -0.4 is 5.32 Å². The van der Waals surface area contributed by atoms with Crippen molar-refractivity contribution in [3.05, 3.63) is 35.1 Å². The molecule has 19 heavy (non-hydrogen) atoms. The number of hydrogen-bond donors (Lipinski definition) is 1. The topological polar surface area (TPSA) is 12.0 Å². The van der Waals surface area contributed by atoms with Crippen molar-refractivity contribution in [3.8, 4) is 0 Å². The van der Waals surface area contributed by atoms with E-state index in [1.165, 1.54) is 23.5 Å². The summed E-state index contributed by atoms with van der Waals surface area (Å²) >= 11 is 4.14. The van der Waals surface area contributed by atoms with Gasteiger partial charge in [-0.3, -0.25) is 0 Å². The van der Waals surface area contributed by atoms with Crippen molar-refractivity contribution in [1.29, 1.82) is 0 Å². The van der Waals surface area contributed by atoms with Gasteiger partial charge in [-0.2, -0.15) is 23.5 Å². The SMILES string of the molecule is CCC1SCCSC1C(NC)c1ccc(F)cc1C. The van der Waals surface area contributed by atoms with E-state index >= 15 is 0 Å². The van der Waals surface area contributed by atoms with Gasteiger partial charge in [0.1, 0.15) is 5.82 Å². The zero-order chi connectivity index (χ0) is 13.8. The van der Waals surface area contributed by atoms with Crippen LogP contribution in [0.15, 0.2) is 18.2 Å². The zero-order valence-corrected chi connectivity index (χ0v) is 13.4. The fourth-order valence-corrected chi connectivity index (χ4v) is 6.01. The molecule has 1 aliphatic rings. The summed E-state index contributed by atoms with van der Waals surface area (Å²) in [6, 6.07) is 5.47. The molecule has 0 saturated carbocycles. The molecule has 1 aliphatic heterocycles. The maximum absolute atomic E-state index is 13.3.